The lowest BCUT2D eigenvalue weighted by molar-refractivity contribution is 0.329. The highest BCUT2D eigenvalue weighted by atomic mass is 15.2. The van der Waals surface area contributed by atoms with Crippen molar-refractivity contribution in [3.8, 4) is 0 Å². The molecule has 1 aromatic heterocycles. The summed E-state index contributed by atoms with van der Waals surface area (Å²) in [6.45, 7) is 10.2. The maximum absolute atomic E-state index is 4.21. The minimum atomic E-state index is 0.577. The predicted octanol–water partition coefficient (Wildman–Crippen LogP) is 2.62. The Kier molecular flexibility index (Phi) is 5.69. The molecule has 1 N–H and O–H groups in total. The lowest BCUT2D eigenvalue weighted by Crippen LogP contribution is -2.31. The fourth-order valence-electron chi connectivity index (χ4n) is 2.04. The van der Waals surface area contributed by atoms with Gasteiger partial charge in [-0.15, -0.1) is 0 Å². The summed E-state index contributed by atoms with van der Waals surface area (Å²) in [5.41, 5.74) is 1.33. The summed E-state index contributed by atoms with van der Waals surface area (Å²) >= 11 is 0. The van der Waals surface area contributed by atoms with Crippen molar-refractivity contribution in [3.63, 3.8) is 0 Å². The van der Waals surface area contributed by atoms with Gasteiger partial charge in [-0.1, -0.05) is 27.7 Å². The summed E-state index contributed by atoms with van der Waals surface area (Å²) in [4.78, 5) is 0. The summed E-state index contributed by atoms with van der Waals surface area (Å²) in [6, 6.07) is 2.70. The maximum atomic E-state index is 4.21. The zero-order valence-corrected chi connectivity index (χ0v) is 11.9. The normalized spacial score (nSPS) is 13.6. The van der Waals surface area contributed by atoms with Gasteiger partial charge in [-0.25, -0.2) is 0 Å². The Morgan fingerprint density at radius 3 is 2.47 bits per heavy atom. The first kappa shape index (κ1) is 14.2. The van der Waals surface area contributed by atoms with E-state index in [0.29, 0.717) is 6.04 Å². The van der Waals surface area contributed by atoms with Crippen LogP contribution in [0.5, 0.6) is 0 Å². The molecule has 0 aromatic carbocycles. The zero-order valence-electron chi connectivity index (χ0n) is 11.9. The van der Waals surface area contributed by atoms with Crippen LogP contribution in [0.25, 0.3) is 0 Å². The first-order valence-corrected chi connectivity index (χ1v) is 6.71. The van der Waals surface area contributed by atoms with Crippen LogP contribution in [0.4, 0.5) is 0 Å². The lowest BCUT2D eigenvalue weighted by Gasteiger charge is -2.22. The van der Waals surface area contributed by atoms with E-state index >= 15 is 0 Å². The monoisotopic (exact) mass is 237 g/mol. The Morgan fingerprint density at radius 2 is 2.00 bits per heavy atom. The van der Waals surface area contributed by atoms with Crippen molar-refractivity contribution in [1.29, 1.82) is 0 Å². The molecule has 0 saturated heterocycles. The van der Waals surface area contributed by atoms with Gasteiger partial charge in [-0.3, -0.25) is 4.68 Å². The minimum absolute atomic E-state index is 0.577. The van der Waals surface area contributed by atoms with Crippen LogP contribution in [0.3, 0.4) is 0 Å². The summed E-state index contributed by atoms with van der Waals surface area (Å²) < 4.78 is 1.98. The van der Waals surface area contributed by atoms with Crippen LogP contribution in [0.15, 0.2) is 12.3 Å². The van der Waals surface area contributed by atoms with Gasteiger partial charge in [-0.2, -0.15) is 5.10 Å². The second-order valence-corrected chi connectivity index (χ2v) is 5.55. The number of rotatable bonds is 7. The maximum Gasteiger partial charge on any atom is 0.0492 e. The van der Waals surface area contributed by atoms with Gasteiger partial charge in [-0.05, 0) is 37.3 Å². The Morgan fingerprint density at radius 1 is 1.29 bits per heavy atom. The molecule has 3 nitrogen and oxygen atoms in total. The first-order chi connectivity index (χ1) is 8.00. The van der Waals surface area contributed by atoms with Gasteiger partial charge in [0.2, 0.25) is 0 Å². The van der Waals surface area contributed by atoms with E-state index in [1.165, 1.54) is 12.1 Å². The second kappa shape index (κ2) is 6.80. The molecule has 0 aliphatic carbocycles. The first-order valence-electron chi connectivity index (χ1n) is 6.71. The number of aryl methyl sites for hydroxylation is 2. The molecule has 1 unspecified atom stereocenters. The molecule has 17 heavy (non-hydrogen) atoms. The van der Waals surface area contributed by atoms with E-state index in [0.717, 1.165) is 24.8 Å². The molecular formula is C14H27N3. The summed E-state index contributed by atoms with van der Waals surface area (Å²) in [5, 5.41) is 7.76. The summed E-state index contributed by atoms with van der Waals surface area (Å²) in [5.74, 6) is 1.47. The van der Waals surface area contributed by atoms with Gasteiger partial charge >= 0.3 is 0 Å². The largest absolute Gasteiger partial charge is 0.314 e. The van der Waals surface area contributed by atoms with E-state index in [-0.39, 0.29) is 0 Å². The van der Waals surface area contributed by atoms with Crippen molar-refractivity contribution in [2.24, 2.45) is 18.9 Å². The standard InChI is InChI=1S/C14H27N3/c1-11(2)13(10-15-12(3)4)6-7-14-8-9-16-17(14)5/h8-9,11-13,15H,6-7,10H2,1-5H3. The average Bonchev–Trinajstić information content (AvgIpc) is 2.63. The molecule has 0 saturated carbocycles. The Balaban J connectivity index is 2.42. The molecule has 0 fully saturated rings. The molecule has 0 radical (unpaired) electrons. The molecular weight excluding hydrogens is 210 g/mol. The van der Waals surface area contributed by atoms with E-state index in [1.54, 1.807) is 0 Å². The Bertz CT molecular complexity index is 315. The van der Waals surface area contributed by atoms with Crippen molar-refractivity contribution in [1.82, 2.24) is 15.1 Å². The van der Waals surface area contributed by atoms with Crippen LogP contribution in [0, 0.1) is 11.8 Å². The third-order valence-corrected chi connectivity index (χ3v) is 3.42. The van der Waals surface area contributed by atoms with E-state index in [1.807, 2.05) is 17.9 Å². The molecule has 0 aliphatic rings. The fraction of sp³-hybridized carbons (Fsp3) is 0.786. The molecule has 1 rings (SSSR count). The molecule has 1 heterocycles. The van der Waals surface area contributed by atoms with Gasteiger partial charge in [0, 0.05) is 25.0 Å². The van der Waals surface area contributed by atoms with Crippen LogP contribution in [-0.4, -0.2) is 22.4 Å². The van der Waals surface area contributed by atoms with E-state index in [4.69, 9.17) is 0 Å². The number of aromatic nitrogens is 2. The van der Waals surface area contributed by atoms with Crippen molar-refractivity contribution in [3.05, 3.63) is 18.0 Å². The van der Waals surface area contributed by atoms with Crippen molar-refractivity contribution in [2.75, 3.05) is 6.54 Å². The molecule has 0 amide bonds. The molecule has 0 aliphatic heterocycles. The van der Waals surface area contributed by atoms with Crippen LogP contribution in [0.2, 0.25) is 0 Å². The second-order valence-electron chi connectivity index (χ2n) is 5.55. The smallest absolute Gasteiger partial charge is 0.0492 e. The Hall–Kier alpha value is -0.830. The molecule has 3 heteroatoms. The van der Waals surface area contributed by atoms with E-state index in [2.05, 4.69) is 44.2 Å². The third-order valence-electron chi connectivity index (χ3n) is 3.42. The van der Waals surface area contributed by atoms with Crippen LogP contribution in [-0.2, 0) is 13.5 Å². The Labute approximate surface area is 106 Å². The van der Waals surface area contributed by atoms with E-state index in [9.17, 15) is 0 Å². The lowest BCUT2D eigenvalue weighted by atomic mass is 9.90. The van der Waals surface area contributed by atoms with Gasteiger partial charge in [0.1, 0.15) is 0 Å². The molecule has 1 atom stereocenters. The van der Waals surface area contributed by atoms with E-state index < -0.39 is 0 Å². The molecule has 98 valence electrons. The fourth-order valence-corrected chi connectivity index (χ4v) is 2.04. The van der Waals surface area contributed by atoms with Gasteiger partial charge < -0.3 is 5.32 Å². The quantitative estimate of drug-likeness (QED) is 0.790. The number of hydrogen-bond acceptors (Lipinski definition) is 2. The predicted molar refractivity (Wildman–Crippen MR) is 73.0 cm³/mol. The highest BCUT2D eigenvalue weighted by Gasteiger charge is 2.14. The highest BCUT2D eigenvalue weighted by Crippen LogP contribution is 2.17. The number of nitrogens with zero attached hydrogens (tertiary/aromatic N) is 2. The van der Waals surface area contributed by atoms with Gasteiger partial charge in [0.15, 0.2) is 0 Å². The van der Waals surface area contributed by atoms with Gasteiger partial charge in [0.25, 0.3) is 0 Å². The van der Waals surface area contributed by atoms with Crippen LogP contribution in [0.1, 0.15) is 39.8 Å². The zero-order chi connectivity index (χ0) is 12.8. The van der Waals surface area contributed by atoms with Gasteiger partial charge in [0.05, 0.1) is 0 Å². The van der Waals surface area contributed by atoms with Crippen molar-refractivity contribution in [2.45, 2.75) is 46.6 Å². The van der Waals surface area contributed by atoms with Crippen LogP contribution < -0.4 is 5.32 Å². The van der Waals surface area contributed by atoms with Crippen molar-refractivity contribution < 1.29 is 0 Å². The minimum Gasteiger partial charge on any atom is -0.314 e. The third kappa shape index (κ3) is 4.90. The number of hydrogen-bond donors (Lipinski definition) is 1. The highest BCUT2D eigenvalue weighted by molar-refractivity contribution is 5.00. The molecule has 0 spiro atoms. The van der Waals surface area contributed by atoms with Crippen molar-refractivity contribution >= 4 is 0 Å². The summed E-state index contributed by atoms with van der Waals surface area (Å²) in [7, 11) is 2.02. The molecule has 0 bridgehead atoms. The topological polar surface area (TPSA) is 29.9 Å². The molecule has 1 aromatic rings. The van der Waals surface area contributed by atoms with Crippen LogP contribution >= 0.6 is 0 Å². The summed E-state index contributed by atoms with van der Waals surface area (Å²) in [6.07, 6.45) is 4.24. The number of nitrogens with one attached hydrogen (secondary N) is 1. The SMILES string of the molecule is CC(C)NCC(CCc1ccnn1C)C(C)C. The average molecular weight is 237 g/mol.